The van der Waals surface area contributed by atoms with Gasteiger partial charge in [-0.25, -0.2) is 14.6 Å². The van der Waals surface area contributed by atoms with Crippen molar-refractivity contribution in [2.75, 3.05) is 6.54 Å². The van der Waals surface area contributed by atoms with Crippen molar-refractivity contribution in [2.45, 2.75) is 59.2 Å². The standard InChI is InChI=1S/C26H33N3O2/c1-25(2)14-23(15-26(3,18-25)19-27-20-30)28-24(31)29(16-21-10-6-4-7-11-21)17-22-12-8-5-9-13-22/h4-13,23H,14-19H2,1-3H3,(H,28,31). The summed E-state index contributed by atoms with van der Waals surface area (Å²) >= 11 is 0. The van der Waals surface area contributed by atoms with Gasteiger partial charge in [0.15, 0.2) is 0 Å². The van der Waals surface area contributed by atoms with Crippen LogP contribution in [0.3, 0.4) is 0 Å². The molecule has 1 N–H and O–H groups in total. The third kappa shape index (κ3) is 6.80. The third-order valence-electron chi connectivity index (χ3n) is 6.02. The fourth-order valence-electron chi connectivity index (χ4n) is 5.15. The van der Waals surface area contributed by atoms with Crippen LogP contribution in [0.15, 0.2) is 65.7 Å². The van der Waals surface area contributed by atoms with E-state index in [1.807, 2.05) is 65.6 Å². The summed E-state index contributed by atoms with van der Waals surface area (Å²) in [4.78, 5) is 29.8. The van der Waals surface area contributed by atoms with Gasteiger partial charge in [0.05, 0.1) is 6.54 Å². The smallest absolute Gasteiger partial charge is 0.318 e. The third-order valence-corrected chi connectivity index (χ3v) is 6.02. The van der Waals surface area contributed by atoms with Crippen molar-refractivity contribution in [1.29, 1.82) is 0 Å². The topological polar surface area (TPSA) is 61.8 Å². The van der Waals surface area contributed by atoms with Gasteiger partial charge in [-0.05, 0) is 41.2 Å². The molecule has 0 bridgehead atoms. The SMILES string of the molecule is CC1(C)CC(NC(=O)N(Cc2ccccc2)Cc2ccccc2)CC(C)(CN=C=O)C1. The lowest BCUT2D eigenvalue weighted by atomic mass is 9.62. The zero-order valence-electron chi connectivity index (χ0n) is 18.8. The van der Waals surface area contributed by atoms with Gasteiger partial charge in [-0.15, -0.1) is 0 Å². The second-order valence-corrected chi connectivity index (χ2v) is 9.94. The number of rotatable bonds is 7. The highest BCUT2D eigenvalue weighted by molar-refractivity contribution is 5.74. The van der Waals surface area contributed by atoms with Crippen LogP contribution in [0.5, 0.6) is 0 Å². The molecule has 0 aromatic heterocycles. The fraction of sp³-hybridized carbons (Fsp3) is 0.462. The lowest BCUT2D eigenvalue weighted by Crippen LogP contribution is -2.51. The van der Waals surface area contributed by atoms with Crippen LogP contribution in [-0.4, -0.2) is 29.6 Å². The molecule has 2 amide bonds. The number of isocyanates is 1. The lowest BCUT2D eigenvalue weighted by Gasteiger charge is -2.46. The zero-order chi connectivity index (χ0) is 22.3. The first-order valence-electron chi connectivity index (χ1n) is 11.0. The number of nitrogens with one attached hydrogen (secondary N) is 1. The van der Waals surface area contributed by atoms with Crippen molar-refractivity contribution in [3.8, 4) is 0 Å². The molecule has 164 valence electrons. The molecule has 1 aliphatic rings. The Bertz CT molecular complexity index is 865. The van der Waals surface area contributed by atoms with Crippen LogP contribution >= 0.6 is 0 Å². The number of nitrogens with zero attached hydrogens (tertiary/aromatic N) is 2. The number of benzene rings is 2. The molecule has 31 heavy (non-hydrogen) atoms. The molecule has 0 radical (unpaired) electrons. The predicted molar refractivity (Wildman–Crippen MR) is 123 cm³/mol. The molecule has 5 nitrogen and oxygen atoms in total. The average Bonchev–Trinajstić information content (AvgIpc) is 2.72. The molecular formula is C26H33N3O2. The Morgan fingerprint density at radius 3 is 2.06 bits per heavy atom. The Labute approximate surface area is 185 Å². The second kappa shape index (κ2) is 9.93. The summed E-state index contributed by atoms with van der Waals surface area (Å²) in [5.74, 6) is 0. The van der Waals surface area contributed by atoms with Gasteiger partial charge in [0, 0.05) is 19.1 Å². The van der Waals surface area contributed by atoms with Crippen molar-refractivity contribution >= 4 is 12.1 Å². The summed E-state index contributed by atoms with van der Waals surface area (Å²) in [5, 5.41) is 3.29. The first-order valence-corrected chi connectivity index (χ1v) is 11.0. The number of hydrogen-bond donors (Lipinski definition) is 1. The van der Waals surface area contributed by atoms with Crippen LogP contribution in [0.1, 0.15) is 51.2 Å². The van der Waals surface area contributed by atoms with E-state index in [1.54, 1.807) is 6.08 Å². The Kier molecular flexibility index (Phi) is 7.29. The minimum Gasteiger partial charge on any atom is -0.335 e. The van der Waals surface area contributed by atoms with Crippen molar-refractivity contribution in [3.05, 3.63) is 71.8 Å². The van der Waals surface area contributed by atoms with E-state index in [2.05, 4.69) is 31.1 Å². The Balaban J connectivity index is 1.75. The molecule has 0 saturated heterocycles. The van der Waals surface area contributed by atoms with E-state index >= 15 is 0 Å². The number of amides is 2. The van der Waals surface area contributed by atoms with Crippen molar-refractivity contribution in [2.24, 2.45) is 15.8 Å². The summed E-state index contributed by atoms with van der Waals surface area (Å²) in [6.07, 6.45) is 4.35. The second-order valence-electron chi connectivity index (χ2n) is 9.94. The quantitative estimate of drug-likeness (QED) is 0.488. The first kappa shape index (κ1) is 22.8. The maximum absolute atomic E-state index is 13.4. The van der Waals surface area contributed by atoms with E-state index in [1.165, 1.54) is 0 Å². The monoisotopic (exact) mass is 419 g/mol. The van der Waals surface area contributed by atoms with Gasteiger partial charge in [0.1, 0.15) is 0 Å². The molecule has 3 rings (SSSR count). The molecule has 0 aliphatic heterocycles. The Morgan fingerprint density at radius 2 is 1.55 bits per heavy atom. The van der Waals surface area contributed by atoms with Crippen LogP contribution in [-0.2, 0) is 17.9 Å². The molecule has 5 heteroatoms. The van der Waals surface area contributed by atoms with Gasteiger partial charge in [-0.2, -0.15) is 0 Å². The summed E-state index contributed by atoms with van der Waals surface area (Å²) in [6.45, 7) is 8.14. The first-order chi connectivity index (χ1) is 14.8. The molecule has 2 aromatic carbocycles. The number of carbonyl (C=O) groups excluding carboxylic acids is 2. The van der Waals surface area contributed by atoms with Crippen LogP contribution in [0.4, 0.5) is 4.79 Å². The molecule has 0 spiro atoms. The molecule has 2 aromatic rings. The van der Waals surface area contributed by atoms with Crippen LogP contribution in [0.2, 0.25) is 0 Å². The van der Waals surface area contributed by atoms with E-state index in [-0.39, 0.29) is 22.9 Å². The van der Waals surface area contributed by atoms with Crippen LogP contribution in [0.25, 0.3) is 0 Å². The van der Waals surface area contributed by atoms with Crippen molar-refractivity contribution in [1.82, 2.24) is 10.2 Å². The van der Waals surface area contributed by atoms with E-state index < -0.39 is 0 Å². The highest BCUT2D eigenvalue weighted by Crippen LogP contribution is 2.46. The summed E-state index contributed by atoms with van der Waals surface area (Å²) in [5.41, 5.74) is 2.14. The van der Waals surface area contributed by atoms with Crippen molar-refractivity contribution in [3.63, 3.8) is 0 Å². The highest BCUT2D eigenvalue weighted by atomic mass is 16.2. The average molecular weight is 420 g/mol. The number of urea groups is 1. The summed E-state index contributed by atoms with van der Waals surface area (Å²) in [6, 6.07) is 20.1. The highest BCUT2D eigenvalue weighted by Gasteiger charge is 2.42. The molecule has 1 saturated carbocycles. The molecule has 1 aliphatic carbocycles. The van der Waals surface area contributed by atoms with Gasteiger partial charge >= 0.3 is 6.03 Å². The number of carbonyl (C=O) groups is 1. The lowest BCUT2D eigenvalue weighted by molar-refractivity contribution is 0.0772. The van der Waals surface area contributed by atoms with Gasteiger partial charge < -0.3 is 10.2 Å². The van der Waals surface area contributed by atoms with E-state index in [9.17, 15) is 9.59 Å². The predicted octanol–water partition coefficient (Wildman–Crippen LogP) is 5.32. The number of aliphatic imine (C=N–C) groups is 1. The van der Waals surface area contributed by atoms with Crippen LogP contribution < -0.4 is 5.32 Å². The van der Waals surface area contributed by atoms with E-state index in [0.29, 0.717) is 19.6 Å². The van der Waals surface area contributed by atoms with Crippen LogP contribution in [0, 0.1) is 10.8 Å². The zero-order valence-corrected chi connectivity index (χ0v) is 18.8. The van der Waals surface area contributed by atoms with Crippen molar-refractivity contribution < 1.29 is 9.59 Å². The molecular weight excluding hydrogens is 386 g/mol. The maximum atomic E-state index is 13.4. The normalized spacial score (nSPS) is 22.2. The van der Waals surface area contributed by atoms with Gasteiger partial charge in [0.2, 0.25) is 6.08 Å². The largest absolute Gasteiger partial charge is 0.335 e. The summed E-state index contributed by atoms with van der Waals surface area (Å²) < 4.78 is 0. The fourth-order valence-corrected chi connectivity index (χ4v) is 5.15. The minimum atomic E-state index is -0.124. The summed E-state index contributed by atoms with van der Waals surface area (Å²) in [7, 11) is 0. The van der Waals surface area contributed by atoms with E-state index in [4.69, 9.17) is 0 Å². The number of hydrogen-bond acceptors (Lipinski definition) is 3. The Morgan fingerprint density at radius 1 is 1.00 bits per heavy atom. The Hall–Kier alpha value is -2.91. The minimum absolute atomic E-state index is 0.0390. The van der Waals surface area contributed by atoms with E-state index in [0.717, 1.165) is 30.4 Å². The molecule has 0 heterocycles. The molecule has 2 unspecified atom stereocenters. The molecule has 1 fully saturated rings. The van der Waals surface area contributed by atoms with Gasteiger partial charge in [-0.3, -0.25) is 0 Å². The van der Waals surface area contributed by atoms with Gasteiger partial charge in [-0.1, -0.05) is 81.4 Å². The maximum Gasteiger partial charge on any atom is 0.318 e. The molecule has 2 atom stereocenters. The van der Waals surface area contributed by atoms with Gasteiger partial charge in [0.25, 0.3) is 0 Å².